The van der Waals surface area contributed by atoms with Crippen molar-refractivity contribution in [2.75, 3.05) is 0 Å². The van der Waals surface area contributed by atoms with Gasteiger partial charge in [-0.2, -0.15) is 0 Å². The summed E-state index contributed by atoms with van der Waals surface area (Å²) in [5, 5.41) is 9.69. The van der Waals surface area contributed by atoms with Gasteiger partial charge < -0.3 is 9.84 Å². The third-order valence-corrected chi connectivity index (χ3v) is 2.79. The van der Waals surface area contributed by atoms with E-state index in [-0.39, 0.29) is 5.56 Å². The second-order valence-electron chi connectivity index (χ2n) is 4.17. The molecule has 3 rings (SSSR count). The van der Waals surface area contributed by atoms with E-state index in [1.54, 1.807) is 48.8 Å². The molecule has 0 aliphatic carbocycles. The second-order valence-corrected chi connectivity index (χ2v) is 4.17. The van der Waals surface area contributed by atoms with Crippen molar-refractivity contribution >= 4 is 16.9 Å². The van der Waals surface area contributed by atoms with Crippen LogP contribution in [0.4, 0.5) is 0 Å². The van der Waals surface area contributed by atoms with Crippen LogP contribution in [0.3, 0.4) is 0 Å². The summed E-state index contributed by atoms with van der Waals surface area (Å²) in [4.78, 5) is 19.0. The number of fused-ring (bicyclic) bond motifs is 1. The molecule has 0 spiro atoms. The summed E-state index contributed by atoms with van der Waals surface area (Å²) in [6.07, 6.45) is 4.62. The molecule has 5 heteroatoms. The second kappa shape index (κ2) is 4.97. The first-order chi connectivity index (χ1) is 9.72. The highest BCUT2D eigenvalue weighted by Crippen LogP contribution is 2.24. The average Bonchev–Trinajstić information content (AvgIpc) is 2.47. The van der Waals surface area contributed by atoms with Crippen LogP contribution in [-0.4, -0.2) is 21.0 Å². The lowest BCUT2D eigenvalue weighted by Gasteiger charge is -2.06. The number of aromatic nitrogens is 2. The Morgan fingerprint density at radius 3 is 2.60 bits per heavy atom. The van der Waals surface area contributed by atoms with Gasteiger partial charge in [0.05, 0.1) is 11.1 Å². The molecule has 2 heterocycles. The van der Waals surface area contributed by atoms with E-state index in [9.17, 15) is 4.79 Å². The van der Waals surface area contributed by atoms with Gasteiger partial charge in [0.2, 0.25) is 0 Å². The Kier molecular flexibility index (Phi) is 3.01. The number of ether oxygens (including phenoxy) is 1. The molecule has 5 nitrogen and oxygen atoms in total. The van der Waals surface area contributed by atoms with Crippen molar-refractivity contribution in [3.05, 3.63) is 60.6 Å². The summed E-state index contributed by atoms with van der Waals surface area (Å²) in [7, 11) is 0. The first-order valence-electron chi connectivity index (χ1n) is 5.93. The summed E-state index contributed by atoms with van der Waals surface area (Å²) in [5.74, 6) is 0.287. The van der Waals surface area contributed by atoms with Gasteiger partial charge in [0.15, 0.2) is 0 Å². The van der Waals surface area contributed by atoms with Crippen LogP contribution in [0.5, 0.6) is 11.5 Å². The maximum absolute atomic E-state index is 10.9. The van der Waals surface area contributed by atoms with Gasteiger partial charge >= 0.3 is 5.97 Å². The van der Waals surface area contributed by atoms with Crippen molar-refractivity contribution in [1.29, 1.82) is 0 Å². The summed E-state index contributed by atoms with van der Waals surface area (Å²) in [5.41, 5.74) is 0.871. The molecule has 0 saturated heterocycles. The van der Waals surface area contributed by atoms with Crippen molar-refractivity contribution in [1.82, 2.24) is 9.97 Å². The van der Waals surface area contributed by atoms with E-state index < -0.39 is 5.97 Å². The van der Waals surface area contributed by atoms with Gasteiger partial charge in [0, 0.05) is 24.0 Å². The molecule has 3 aromatic rings. The highest BCUT2D eigenvalue weighted by Gasteiger charge is 2.06. The van der Waals surface area contributed by atoms with Crippen molar-refractivity contribution in [3.63, 3.8) is 0 Å². The van der Waals surface area contributed by atoms with Crippen molar-refractivity contribution in [3.8, 4) is 11.5 Å². The molecule has 0 saturated carbocycles. The smallest absolute Gasteiger partial charge is 0.337 e. The molecular formula is C15H10N2O3. The number of hydrogen-bond donors (Lipinski definition) is 1. The minimum Gasteiger partial charge on any atom is -0.478 e. The standard InChI is InChI=1S/C15H10N2O3/c18-15(19)11-7-10-8-13(1-2-14(10)17-9-11)20-12-3-5-16-6-4-12/h1-9H,(H,18,19). The van der Waals surface area contributed by atoms with Gasteiger partial charge in [-0.25, -0.2) is 4.79 Å². The number of benzene rings is 1. The molecule has 0 radical (unpaired) electrons. The Bertz CT molecular complexity index is 772. The van der Waals surface area contributed by atoms with Gasteiger partial charge in [0.25, 0.3) is 0 Å². The molecule has 0 atom stereocenters. The molecule has 20 heavy (non-hydrogen) atoms. The zero-order valence-electron chi connectivity index (χ0n) is 10.4. The van der Waals surface area contributed by atoms with Gasteiger partial charge in [-0.05, 0) is 36.4 Å². The van der Waals surface area contributed by atoms with Crippen LogP contribution in [0.1, 0.15) is 10.4 Å². The lowest BCUT2D eigenvalue weighted by atomic mass is 10.1. The number of rotatable bonds is 3. The predicted molar refractivity (Wildman–Crippen MR) is 73.0 cm³/mol. The highest BCUT2D eigenvalue weighted by molar-refractivity contribution is 5.92. The third-order valence-electron chi connectivity index (χ3n) is 2.79. The topological polar surface area (TPSA) is 72.3 Å². The molecule has 0 amide bonds. The van der Waals surface area contributed by atoms with E-state index in [0.29, 0.717) is 11.5 Å². The average molecular weight is 266 g/mol. The van der Waals surface area contributed by atoms with E-state index in [2.05, 4.69) is 9.97 Å². The van der Waals surface area contributed by atoms with Crippen molar-refractivity contribution < 1.29 is 14.6 Å². The fourth-order valence-electron chi connectivity index (χ4n) is 1.83. The van der Waals surface area contributed by atoms with Gasteiger partial charge in [-0.15, -0.1) is 0 Å². The largest absolute Gasteiger partial charge is 0.478 e. The first-order valence-corrected chi connectivity index (χ1v) is 5.93. The maximum Gasteiger partial charge on any atom is 0.337 e. The zero-order valence-corrected chi connectivity index (χ0v) is 10.4. The minimum atomic E-state index is -1.00. The molecule has 1 aromatic carbocycles. The van der Waals surface area contributed by atoms with Crippen LogP contribution in [0, 0.1) is 0 Å². The molecule has 1 N–H and O–H groups in total. The SMILES string of the molecule is O=C(O)c1cnc2ccc(Oc3ccncc3)cc2c1. The van der Waals surface area contributed by atoms with Crippen LogP contribution in [0.15, 0.2) is 55.0 Å². The molecule has 2 aromatic heterocycles. The monoisotopic (exact) mass is 266 g/mol. The number of carbonyl (C=O) groups is 1. The Labute approximate surface area is 114 Å². The van der Waals surface area contributed by atoms with Crippen LogP contribution >= 0.6 is 0 Å². The molecule has 0 bridgehead atoms. The summed E-state index contributed by atoms with van der Waals surface area (Å²) in [6.45, 7) is 0. The summed E-state index contributed by atoms with van der Waals surface area (Å²) in [6, 6.07) is 10.4. The summed E-state index contributed by atoms with van der Waals surface area (Å²) < 4.78 is 5.67. The normalized spacial score (nSPS) is 10.4. The Hall–Kier alpha value is -2.95. The lowest BCUT2D eigenvalue weighted by Crippen LogP contribution is -1.97. The third kappa shape index (κ3) is 2.42. The van der Waals surface area contributed by atoms with E-state index in [1.165, 1.54) is 6.20 Å². The lowest BCUT2D eigenvalue weighted by molar-refractivity contribution is 0.0696. The van der Waals surface area contributed by atoms with E-state index in [4.69, 9.17) is 9.84 Å². The quantitative estimate of drug-likeness (QED) is 0.788. The van der Waals surface area contributed by atoms with Gasteiger partial charge in [-0.3, -0.25) is 9.97 Å². The Morgan fingerprint density at radius 2 is 1.85 bits per heavy atom. The molecule has 98 valence electrons. The predicted octanol–water partition coefficient (Wildman–Crippen LogP) is 3.12. The number of hydrogen-bond acceptors (Lipinski definition) is 4. The van der Waals surface area contributed by atoms with Gasteiger partial charge in [0.1, 0.15) is 11.5 Å². The van der Waals surface area contributed by atoms with Crippen molar-refractivity contribution in [2.24, 2.45) is 0 Å². The number of aromatic carboxylic acids is 1. The van der Waals surface area contributed by atoms with Crippen LogP contribution in [0.2, 0.25) is 0 Å². The van der Waals surface area contributed by atoms with Crippen molar-refractivity contribution in [2.45, 2.75) is 0 Å². The first kappa shape index (κ1) is 12.1. The molecule has 0 fully saturated rings. The number of nitrogens with zero attached hydrogens (tertiary/aromatic N) is 2. The van der Waals surface area contributed by atoms with Crippen LogP contribution in [0.25, 0.3) is 10.9 Å². The fourth-order valence-corrected chi connectivity index (χ4v) is 1.83. The Balaban J connectivity index is 1.99. The zero-order chi connectivity index (χ0) is 13.9. The highest BCUT2D eigenvalue weighted by atomic mass is 16.5. The van der Waals surface area contributed by atoms with E-state index in [1.807, 2.05) is 0 Å². The van der Waals surface area contributed by atoms with Crippen LogP contribution in [-0.2, 0) is 0 Å². The summed E-state index contributed by atoms with van der Waals surface area (Å²) >= 11 is 0. The molecular weight excluding hydrogens is 256 g/mol. The number of carboxylic acid groups (broad SMARTS) is 1. The minimum absolute atomic E-state index is 0.151. The molecule has 0 aliphatic heterocycles. The molecule has 0 aliphatic rings. The fraction of sp³-hybridized carbons (Fsp3) is 0. The van der Waals surface area contributed by atoms with E-state index in [0.717, 1.165) is 10.9 Å². The van der Waals surface area contributed by atoms with Crippen LogP contribution < -0.4 is 4.74 Å². The Morgan fingerprint density at radius 1 is 1.05 bits per heavy atom. The maximum atomic E-state index is 10.9. The van der Waals surface area contributed by atoms with Gasteiger partial charge in [-0.1, -0.05) is 0 Å². The molecule has 0 unspecified atom stereocenters. The van der Waals surface area contributed by atoms with E-state index >= 15 is 0 Å². The number of pyridine rings is 2. The number of carboxylic acids is 1.